The number of hydrogen-bond donors (Lipinski definition) is 0. The lowest BCUT2D eigenvalue weighted by atomic mass is 10.1. The van der Waals surface area contributed by atoms with Crippen molar-refractivity contribution in [3.63, 3.8) is 0 Å². The molecule has 0 radical (unpaired) electrons. The Kier molecular flexibility index (Phi) is 6.45. The summed E-state index contributed by atoms with van der Waals surface area (Å²) < 4.78 is 10.6. The molecule has 0 saturated carbocycles. The van der Waals surface area contributed by atoms with Crippen LogP contribution < -0.4 is 14.4 Å². The second-order valence-electron chi connectivity index (χ2n) is 6.04. The Labute approximate surface area is 168 Å². The van der Waals surface area contributed by atoms with Crippen LogP contribution in [0.4, 0.5) is 5.13 Å². The Hall–Kier alpha value is -3.12. The van der Waals surface area contributed by atoms with E-state index >= 15 is 0 Å². The molecule has 5 nitrogen and oxygen atoms in total. The number of carbonyl (C=O) groups excluding carboxylic acids is 1. The lowest BCUT2D eigenvalue weighted by Crippen LogP contribution is -2.32. The van der Waals surface area contributed by atoms with E-state index in [1.807, 2.05) is 47.8 Å². The summed E-state index contributed by atoms with van der Waals surface area (Å²) >= 11 is 1.45. The van der Waals surface area contributed by atoms with Gasteiger partial charge in [-0.05, 0) is 17.7 Å². The average Bonchev–Trinajstić information content (AvgIpc) is 3.22. The minimum absolute atomic E-state index is 0.0546. The van der Waals surface area contributed by atoms with Crippen LogP contribution in [0.1, 0.15) is 5.56 Å². The van der Waals surface area contributed by atoms with Crippen molar-refractivity contribution < 1.29 is 14.3 Å². The molecular weight excluding hydrogens is 372 g/mol. The van der Waals surface area contributed by atoms with Crippen molar-refractivity contribution in [2.75, 3.05) is 25.7 Å². The quantitative estimate of drug-likeness (QED) is 0.525. The van der Waals surface area contributed by atoms with E-state index in [0.717, 1.165) is 16.8 Å². The number of ether oxygens (including phenoxy) is 2. The Balaban J connectivity index is 1.81. The van der Waals surface area contributed by atoms with E-state index in [0.29, 0.717) is 23.2 Å². The van der Waals surface area contributed by atoms with Gasteiger partial charge in [0.1, 0.15) is 0 Å². The van der Waals surface area contributed by atoms with Gasteiger partial charge in [0, 0.05) is 17.5 Å². The van der Waals surface area contributed by atoms with Crippen LogP contribution in [0.5, 0.6) is 11.5 Å². The first-order valence-electron chi connectivity index (χ1n) is 8.79. The Morgan fingerprint density at radius 1 is 1.14 bits per heavy atom. The van der Waals surface area contributed by atoms with Crippen molar-refractivity contribution in [1.82, 2.24) is 4.98 Å². The summed E-state index contributed by atoms with van der Waals surface area (Å²) in [7, 11) is 3.16. The molecular formula is C22H22N2O3S. The molecule has 28 heavy (non-hydrogen) atoms. The SMILES string of the molecule is C=CCN(C(=O)Cc1ccc(OC)c(OC)c1)c1nc(-c2ccccc2)cs1. The molecule has 2 aromatic carbocycles. The number of anilines is 1. The van der Waals surface area contributed by atoms with Gasteiger partial charge < -0.3 is 9.47 Å². The molecule has 0 unspecified atom stereocenters. The van der Waals surface area contributed by atoms with E-state index in [2.05, 4.69) is 11.6 Å². The van der Waals surface area contributed by atoms with Crippen molar-refractivity contribution in [3.05, 3.63) is 72.1 Å². The van der Waals surface area contributed by atoms with Crippen LogP contribution in [0.2, 0.25) is 0 Å². The second-order valence-corrected chi connectivity index (χ2v) is 6.88. The molecule has 6 heteroatoms. The number of methoxy groups -OCH3 is 2. The molecule has 0 aliphatic carbocycles. The van der Waals surface area contributed by atoms with Crippen LogP contribution in [-0.2, 0) is 11.2 Å². The summed E-state index contributed by atoms with van der Waals surface area (Å²) in [5.74, 6) is 1.18. The molecule has 0 atom stereocenters. The zero-order chi connectivity index (χ0) is 19.9. The van der Waals surface area contributed by atoms with Gasteiger partial charge in [-0.2, -0.15) is 0 Å². The van der Waals surface area contributed by atoms with Crippen molar-refractivity contribution in [2.24, 2.45) is 0 Å². The molecule has 0 N–H and O–H groups in total. The molecule has 1 amide bonds. The van der Waals surface area contributed by atoms with Crippen molar-refractivity contribution in [2.45, 2.75) is 6.42 Å². The number of hydrogen-bond acceptors (Lipinski definition) is 5. The lowest BCUT2D eigenvalue weighted by molar-refractivity contribution is -0.117. The van der Waals surface area contributed by atoms with E-state index in [-0.39, 0.29) is 12.3 Å². The highest BCUT2D eigenvalue weighted by Gasteiger charge is 2.19. The molecule has 1 heterocycles. The van der Waals surface area contributed by atoms with Crippen LogP contribution in [-0.4, -0.2) is 31.7 Å². The molecule has 0 aliphatic rings. The van der Waals surface area contributed by atoms with Crippen molar-refractivity contribution in [3.8, 4) is 22.8 Å². The normalized spacial score (nSPS) is 10.4. The number of nitrogens with zero attached hydrogens (tertiary/aromatic N) is 2. The minimum atomic E-state index is -0.0546. The van der Waals surface area contributed by atoms with Crippen LogP contribution in [0, 0.1) is 0 Å². The summed E-state index contributed by atoms with van der Waals surface area (Å²) in [5.41, 5.74) is 2.72. The lowest BCUT2D eigenvalue weighted by Gasteiger charge is -2.18. The first-order valence-corrected chi connectivity index (χ1v) is 9.67. The fourth-order valence-electron chi connectivity index (χ4n) is 2.81. The predicted octanol–water partition coefficient (Wildman–Crippen LogP) is 4.59. The van der Waals surface area contributed by atoms with E-state index < -0.39 is 0 Å². The maximum Gasteiger partial charge on any atom is 0.233 e. The molecule has 0 fully saturated rings. The van der Waals surface area contributed by atoms with Gasteiger partial charge >= 0.3 is 0 Å². The maximum atomic E-state index is 13.0. The van der Waals surface area contributed by atoms with E-state index in [1.165, 1.54) is 11.3 Å². The van der Waals surface area contributed by atoms with Crippen LogP contribution >= 0.6 is 11.3 Å². The second kappa shape index (κ2) is 9.19. The Morgan fingerprint density at radius 3 is 2.57 bits per heavy atom. The molecule has 0 spiro atoms. The molecule has 0 aliphatic heterocycles. The van der Waals surface area contributed by atoms with Crippen LogP contribution in [0.15, 0.2) is 66.6 Å². The summed E-state index contributed by atoms with van der Waals surface area (Å²) in [6.07, 6.45) is 1.94. The molecule has 3 rings (SSSR count). The zero-order valence-electron chi connectivity index (χ0n) is 15.9. The standard InChI is InChI=1S/C22H22N2O3S/c1-4-12-24(22-23-18(15-28-22)17-8-6-5-7-9-17)21(25)14-16-10-11-19(26-2)20(13-16)27-3/h4-11,13,15H,1,12,14H2,2-3H3. The highest BCUT2D eigenvalue weighted by molar-refractivity contribution is 7.14. The Morgan fingerprint density at radius 2 is 1.89 bits per heavy atom. The summed E-state index contributed by atoms with van der Waals surface area (Å²) in [6, 6.07) is 15.4. The maximum absolute atomic E-state index is 13.0. The number of carbonyl (C=O) groups is 1. The number of rotatable bonds is 8. The van der Waals surface area contributed by atoms with E-state index in [9.17, 15) is 4.79 Å². The monoisotopic (exact) mass is 394 g/mol. The van der Waals surface area contributed by atoms with Gasteiger partial charge in [-0.25, -0.2) is 4.98 Å². The predicted molar refractivity (Wildman–Crippen MR) is 113 cm³/mol. The van der Waals surface area contributed by atoms with Crippen molar-refractivity contribution in [1.29, 1.82) is 0 Å². The molecule has 1 aromatic heterocycles. The first kappa shape index (κ1) is 19.6. The summed E-state index contributed by atoms with van der Waals surface area (Å²) in [4.78, 5) is 19.3. The third kappa shape index (κ3) is 4.40. The minimum Gasteiger partial charge on any atom is -0.493 e. The first-order chi connectivity index (χ1) is 13.7. The smallest absolute Gasteiger partial charge is 0.233 e. The fraction of sp³-hybridized carbons (Fsp3) is 0.182. The molecule has 3 aromatic rings. The van der Waals surface area contributed by atoms with Gasteiger partial charge in [0.2, 0.25) is 5.91 Å². The van der Waals surface area contributed by atoms with Crippen LogP contribution in [0.3, 0.4) is 0 Å². The van der Waals surface area contributed by atoms with Crippen molar-refractivity contribution >= 4 is 22.4 Å². The molecule has 144 valence electrons. The topological polar surface area (TPSA) is 51.7 Å². The number of thiazole rings is 1. The van der Waals surface area contributed by atoms with Gasteiger partial charge in [-0.3, -0.25) is 9.69 Å². The van der Waals surface area contributed by atoms with Gasteiger partial charge in [-0.15, -0.1) is 17.9 Å². The number of aromatic nitrogens is 1. The highest BCUT2D eigenvalue weighted by Crippen LogP contribution is 2.30. The van der Waals surface area contributed by atoms with Gasteiger partial charge in [0.15, 0.2) is 16.6 Å². The third-order valence-electron chi connectivity index (χ3n) is 4.21. The van der Waals surface area contributed by atoms with Gasteiger partial charge in [0.05, 0.1) is 26.3 Å². The molecule has 0 saturated heterocycles. The van der Waals surface area contributed by atoms with E-state index in [4.69, 9.17) is 9.47 Å². The number of benzene rings is 2. The average molecular weight is 394 g/mol. The van der Waals surface area contributed by atoms with E-state index in [1.54, 1.807) is 31.3 Å². The highest BCUT2D eigenvalue weighted by atomic mass is 32.1. The third-order valence-corrected chi connectivity index (χ3v) is 5.07. The largest absolute Gasteiger partial charge is 0.493 e. The zero-order valence-corrected chi connectivity index (χ0v) is 16.7. The fourth-order valence-corrected chi connectivity index (χ4v) is 3.67. The Bertz CT molecular complexity index is 953. The van der Waals surface area contributed by atoms with Crippen LogP contribution in [0.25, 0.3) is 11.3 Å². The summed E-state index contributed by atoms with van der Waals surface area (Å²) in [5, 5.41) is 2.62. The van der Waals surface area contributed by atoms with Gasteiger partial charge in [-0.1, -0.05) is 42.5 Å². The molecule has 0 bridgehead atoms. The van der Waals surface area contributed by atoms with Gasteiger partial charge in [0.25, 0.3) is 0 Å². The number of amides is 1. The summed E-state index contributed by atoms with van der Waals surface area (Å²) in [6.45, 7) is 4.17.